The van der Waals surface area contributed by atoms with Crippen molar-refractivity contribution >= 4 is 46.5 Å². The van der Waals surface area contributed by atoms with Crippen LogP contribution in [0.4, 0.5) is 11.4 Å². The number of ether oxygens (including phenoxy) is 1. The fourth-order valence-corrected chi connectivity index (χ4v) is 2.08. The van der Waals surface area contributed by atoms with Crippen molar-refractivity contribution in [2.45, 2.75) is 47.0 Å². The van der Waals surface area contributed by atoms with Gasteiger partial charge in [0.15, 0.2) is 5.11 Å². The largest absolute Gasteiger partial charge is 0.466 e. The number of esters is 1. The molecule has 0 aromatic heterocycles. The third kappa shape index (κ3) is 9.14. The Morgan fingerprint density at radius 3 is 2.30 bits per heavy atom. The second kappa shape index (κ2) is 10.6. The van der Waals surface area contributed by atoms with Gasteiger partial charge < -0.3 is 20.7 Å². The zero-order chi connectivity index (χ0) is 20.4. The second-order valence-corrected chi connectivity index (χ2v) is 7.42. The lowest BCUT2D eigenvalue weighted by molar-refractivity contribution is -0.144. The van der Waals surface area contributed by atoms with Gasteiger partial charge in [-0.2, -0.15) is 0 Å². The van der Waals surface area contributed by atoms with Crippen LogP contribution in [0.25, 0.3) is 0 Å². The Balaban J connectivity index is 2.50. The number of carbonyl (C=O) groups excluding carboxylic acids is 3. The molecule has 7 nitrogen and oxygen atoms in total. The minimum Gasteiger partial charge on any atom is -0.466 e. The summed E-state index contributed by atoms with van der Waals surface area (Å²) < 4.78 is 4.91. The van der Waals surface area contributed by atoms with Gasteiger partial charge in [-0.15, -0.1) is 0 Å². The lowest BCUT2D eigenvalue weighted by Gasteiger charge is -2.18. The summed E-state index contributed by atoms with van der Waals surface area (Å²) in [5.41, 5.74) is 0.729. The van der Waals surface area contributed by atoms with Crippen LogP contribution in [0.5, 0.6) is 0 Å². The molecule has 0 fully saturated rings. The van der Waals surface area contributed by atoms with Crippen LogP contribution in [0.3, 0.4) is 0 Å². The highest BCUT2D eigenvalue weighted by atomic mass is 32.1. The predicted octanol–water partition coefficient (Wildman–Crippen LogP) is 3.22. The number of anilines is 2. The Bertz CT molecular complexity index is 698. The van der Waals surface area contributed by atoms with Crippen LogP contribution in [-0.4, -0.2) is 29.5 Å². The molecule has 0 unspecified atom stereocenters. The molecule has 0 aliphatic heterocycles. The van der Waals surface area contributed by atoms with E-state index in [-0.39, 0.29) is 29.8 Å². The van der Waals surface area contributed by atoms with Crippen LogP contribution in [0.15, 0.2) is 24.3 Å². The van der Waals surface area contributed by atoms with Gasteiger partial charge in [-0.25, -0.2) is 0 Å². The number of carbonyl (C=O) groups is 3. The Kier molecular flexibility index (Phi) is 8.87. The van der Waals surface area contributed by atoms with Gasteiger partial charge >= 0.3 is 5.97 Å². The molecule has 0 radical (unpaired) electrons. The first-order chi connectivity index (χ1) is 12.6. The van der Waals surface area contributed by atoms with E-state index in [0.717, 1.165) is 6.42 Å². The van der Waals surface area contributed by atoms with Crippen LogP contribution >= 0.6 is 12.2 Å². The lowest BCUT2D eigenvalue weighted by Crippen LogP contribution is -2.34. The molecule has 0 aliphatic carbocycles. The highest BCUT2D eigenvalue weighted by Crippen LogP contribution is 2.20. The maximum atomic E-state index is 12.1. The van der Waals surface area contributed by atoms with Crippen LogP contribution < -0.4 is 16.0 Å². The zero-order valence-corrected chi connectivity index (χ0v) is 17.0. The summed E-state index contributed by atoms with van der Waals surface area (Å²) in [5.74, 6) is -0.892. The standard InChI is InChI=1S/C19H27N3O4S/c1-5-11-26-16(24)10-9-15(23)22-18(27)21-14-8-6-7-13(12-14)20-17(25)19(2,3)4/h6-8,12H,5,9-11H2,1-4H3,(H,20,25)(H2,21,22,23,27). The van der Waals surface area contributed by atoms with E-state index >= 15 is 0 Å². The van der Waals surface area contributed by atoms with E-state index in [0.29, 0.717) is 18.0 Å². The molecule has 0 aliphatic rings. The molecule has 0 saturated carbocycles. The quantitative estimate of drug-likeness (QED) is 0.486. The Morgan fingerprint density at radius 1 is 1.07 bits per heavy atom. The minimum absolute atomic E-state index is 0.00274. The Hall–Kier alpha value is -2.48. The number of hydrogen-bond acceptors (Lipinski definition) is 5. The second-order valence-electron chi connectivity index (χ2n) is 7.01. The molecule has 8 heteroatoms. The third-order valence-electron chi connectivity index (χ3n) is 3.34. The molecular weight excluding hydrogens is 366 g/mol. The van der Waals surface area contributed by atoms with Crippen molar-refractivity contribution < 1.29 is 19.1 Å². The molecule has 0 bridgehead atoms. The van der Waals surface area contributed by atoms with Crippen LogP contribution in [0.2, 0.25) is 0 Å². The van der Waals surface area contributed by atoms with Gasteiger partial charge in [-0.1, -0.05) is 33.8 Å². The van der Waals surface area contributed by atoms with E-state index < -0.39 is 11.4 Å². The average molecular weight is 394 g/mol. The van der Waals surface area contributed by atoms with Crippen molar-refractivity contribution in [2.75, 3.05) is 17.2 Å². The van der Waals surface area contributed by atoms with E-state index in [1.807, 2.05) is 27.7 Å². The summed E-state index contributed by atoms with van der Waals surface area (Å²) >= 11 is 5.11. The summed E-state index contributed by atoms with van der Waals surface area (Å²) in [6.07, 6.45) is 0.732. The van der Waals surface area contributed by atoms with E-state index in [9.17, 15) is 14.4 Å². The smallest absolute Gasteiger partial charge is 0.306 e. The van der Waals surface area contributed by atoms with Gasteiger partial charge in [-0.05, 0) is 36.8 Å². The first-order valence-corrected chi connectivity index (χ1v) is 9.20. The van der Waals surface area contributed by atoms with Crippen molar-refractivity contribution in [3.05, 3.63) is 24.3 Å². The van der Waals surface area contributed by atoms with E-state index in [1.54, 1.807) is 24.3 Å². The molecular formula is C19H27N3O4S. The predicted molar refractivity (Wildman–Crippen MR) is 109 cm³/mol. The molecule has 2 amide bonds. The van der Waals surface area contributed by atoms with Crippen molar-refractivity contribution in [2.24, 2.45) is 5.41 Å². The first-order valence-electron chi connectivity index (χ1n) is 8.79. The maximum Gasteiger partial charge on any atom is 0.306 e. The fraction of sp³-hybridized carbons (Fsp3) is 0.474. The topological polar surface area (TPSA) is 96.5 Å². The zero-order valence-electron chi connectivity index (χ0n) is 16.2. The van der Waals surface area contributed by atoms with Crippen LogP contribution in [0, 0.1) is 5.41 Å². The average Bonchev–Trinajstić information content (AvgIpc) is 2.57. The van der Waals surface area contributed by atoms with Crippen molar-refractivity contribution in [1.29, 1.82) is 0 Å². The molecule has 148 valence electrons. The molecule has 1 aromatic carbocycles. The number of thiocarbonyl (C=S) groups is 1. The molecule has 0 atom stereocenters. The van der Waals surface area contributed by atoms with Gasteiger partial charge in [0.05, 0.1) is 13.0 Å². The summed E-state index contributed by atoms with van der Waals surface area (Å²) in [6.45, 7) is 7.73. The highest BCUT2D eigenvalue weighted by Gasteiger charge is 2.21. The van der Waals surface area contributed by atoms with E-state index in [4.69, 9.17) is 17.0 Å². The summed E-state index contributed by atoms with van der Waals surface area (Å²) in [7, 11) is 0. The van der Waals surface area contributed by atoms with Crippen LogP contribution in [-0.2, 0) is 19.1 Å². The fourth-order valence-electron chi connectivity index (χ4n) is 1.85. The maximum absolute atomic E-state index is 12.1. The van der Waals surface area contributed by atoms with Crippen molar-refractivity contribution in [3.8, 4) is 0 Å². The molecule has 0 saturated heterocycles. The van der Waals surface area contributed by atoms with Gasteiger partial charge in [0, 0.05) is 23.2 Å². The lowest BCUT2D eigenvalue weighted by atomic mass is 9.95. The minimum atomic E-state index is -0.509. The summed E-state index contributed by atoms with van der Waals surface area (Å²) in [4.78, 5) is 35.3. The summed E-state index contributed by atoms with van der Waals surface area (Å²) in [6, 6.07) is 6.99. The molecule has 3 N–H and O–H groups in total. The van der Waals surface area contributed by atoms with Gasteiger partial charge in [-0.3, -0.25) is 14.4 Å². The number of nitrogens with one attached hydrogen (secondary N) is 3. The van der Waals surface area contributed by atoms with Gasteiger partial charge in [0.25, 0.3) is 0 Å². The Morgan fingerprint density at radius 2 is 1.70 bits per heavy atom. The van der Waals surface area contributed by atoms with Crippen LogP contribution in [0.1, 0.15) is 47.0 Å². The summed E-state index contributed by atoms with van der Waals surface area (Å²) in [5, 5.41) is 8.33. The SMILES string of the molecule is CCCOC(=O)CCC(=O)NC(=S)Nc1cccc(NC(=O)C(C)(C)C)c1. The molecule has 0 heterocycles. The normalized spacial score (nSPS) is 10.7. The number of hydrogen-bond donors (Lipinski definition) is 3. The molecule has 0 spiro atoms. The monoisotopic (exact) mass is 393 g/mol. The highest BCUT2D eigenvalue weighted by molar-refractivity contribution is 7.80. The number of amides is 2. The Labute approximate surface area is 165 Å². The number of benzene rings is 1. The molecule has 1 aromatic rings. The van der Waals surface area contributed by atoms with E-state index in [1.165, 1.54) is 0 Å². The number of rotatable bonds is 7. The van der Waals surface area contributed by atoms with Crippen molar-refractivity contribution in [3.63, 3.8) is 0 Å². The van der Waals surface area contributed by atoms with Gasteiger partial charge in [0.1, 0.15) is 0 Å². The first kappa shape index (κ1) is 22.6. The third-order valence-corrected chi connectivity index (χ3v) is 3.54. The van der Waals surface area contributed by atoms with Gasteiger partial charge in [0.2, 0.25) is 11.8 Å². The molecule has 27 heavy (non-hydrogen) atoms. The molecule has 1 rings (SSSR count). The van der Waals surface area contributed by atoms with Crippen molar-refractivity contribution in [1.82, 2.24) is 5.32 Å². The van der Waals surface area contributed by atoms with E-state index in [2.05, 4.69) is 16.0 Å².